The number of thiol groups is 1. The van der Waals surface area contributed by atoms with Crippen LogP contribution >= 0.6 is 12.6 Å². The van der Waals surface area contributed by atoms with E-state index in [1.54, 1.807) is 6.92 Å². The third-order valence-corrected chi connectivity index (χ3v) is 2.27. The highest BCUT2D eigenvalue weighted by Crippen LogP contribution is 2.10. The van der Waals surface area contributed by atoms with Gasteiger partial charge in [-0.05, 0) is 37.7 Å². The van der Waals surface area contributed by atoms with Gasteiger partial charge < -0.3 is 0 Å². The number of rotatable bonds is 4. The van der Waals surface area contributed by atoms with Crippen LogP contribution in [0.5, 0.6) is 0 Å². The molecule has 0 saturated carbocycles. The van der Waals surface area contributed by atoms with Gasteiger partial charge >= 0.3 is 0 Å². The van der Waals surface area contributed by atoms with E-state index in [0.29, 0.717) is 0 Å². The number of carbonyl (C=O) groups is 1. The molecule has 0 rings (SSSR count). The Bertz CT molecular complexity index is 291. The fraction of sp³-hybridized carbons (Fsp3) is 0.417. The van der Waals surface area contributed by atoms with Gasteiger partial charge in [-0.1, -0.05) is 25.2 Å². The van der Waals surface area contributed by atoms with E-state index in [-0.39, 0.29) is 5.78 Å². The molecule has 0 spiro atoms. The van der Waals surface area contributed by atoms with E-state index in [2.05, 4.69) is 12.6 Å². The average molecular weight is 210 g/mol. The fourth-order valence-electron chi connectivity index (χ4n) is 0.884. The predicted octanol–water partition coefficient (Wildman–Crippen LogP) is 3.69. The Hall–Kier alpha value is -0.760. The molecule has 1 nitrogen and oxygen atoms in total. The summed E-state index contributed by atoms with van der Waals surface area (Å²) >= 11 is 4.22. The van der Waals surface area contributed by atoms with Gasteiger partial charge in [-0.25, -0.2) is 0 Å². The summed E-state index contributed by atoms with van der Waals surface area (Å²) in [6, 6.07) is 0. The quantitative estimate of drug-likeness (QED) is 0.425. The molecule has 0 heterocycles. The van der Waals surface area contributed by atoms with Crippen LogP contribution in [0.25, 0.3) is 0 Å². The molecule has 0 bridgehead atoms. The minimum absolute atomic E-state index is 0.104. The summed E-state index contributed by atoms with van der Waals surface area (Å²) in [5.74, 6) is 0.104. The number of Topliss-reactive ketones (excluding diaryl/α,β-unsaturated/α-hetero) is 1. The van der Waals surface area contributed by atoms with Crippen LogP contribution in [0.1, 0.15) is 34.1 Å². The molecule has 0 radical (unpaired) electrons. The van der Waals surface area contributed by atoms with Crippen molar-refractivity contribution < 1.29 is 4.79 Å². The van der Waals surface area contributed by atoms with E-state index < -0.39 is 0 Å². The van der Waals surface area contributed by atoms with Crippen molar-refractivity contribution in [2.75, 3.05) is 0 Å². The van der Waals surface area contributed by atoms with Gasteiger partial charge in [0, 0.05) is 5.57 Å². The van der Waals surface area contributed by atoms with E-state index >= 15 is 0 Å². The van der Waals surface area contributed by atoms with Crippen LogP contribution in [0.3, 0.4) is 0 Å². The molecule has 0 atom stereocenters. The van der Waals surface area contributed by atoms with Gasteiger partial charge in [0.25, 0.3) is 0 Å². The molecular formula is C12H18OS. The van der Waals surface area contributed by atoms with Gasteiger partial charge in [0.15, 0.2) is 5.78 Å². The Balaban J connectivity index is 4.71. The lowest BCUT2D eigenvalue weighted by atomic mass is 10.1. The van der Waals surface area contributed by atoms with Crippen LogP contribution in [-0.2, 0) is 4.79 Å². The Kier molecular flexibility index (Phi) is 6.30. The van der Waals surface area contributed by atoms with Crippen molar-refractivity contribution in [3.8, 4) is 0 Å². The van der Waals surface area contributed by atoms with E-state index in [4.69, 9.17) is 0 Å². The Labute approximate surface area is 92.0 Å². The van der Waals surface area contributed by atoms with Crippen LogP contribution in [0, 0.1) is 0 Å². The maximum atomic E-state index is 11.2. The summed E-state index contributed by atoms with van der Waals surface area (Å²) in [4.78, 5) is 12.1. The largest absolute Gasteiger partial charge is 0.295 e. The maximum Gasteiger partial charge on any atom is 0.159 e. The van der Waals surface area contributed by atoms with E-state index in [1.165, 1.54) is 0 Å². The molecule has 0 amide bonds. The highest BCUT2D eigenvalue weighted by molar-refractivity contribution is 7.84. The number of ketones is 1. The minimum Gasteiger partial charge on any atom is -0.295 e. The summed E-state index contributed by atoms with van der Waals surface area (Å²) in [6.45, 7) is 7.50. The van der Waals surface area contributed by atoms with Crippen molar-refractivity contribution in [1.82, 2.24) is 0 Å². The monoisotopic (exact) mass is 210 g/mol. The summed E-state index contributed by atoms with van der Waals surface area (Å²) < 4.78 is 0. The fourth-order valence-corrected chi connectivity index (χ4v) is 0.959. The molecule has 0 fully saturated rings. The standard InChI is InChI=1S/C12H18OS/c1-5-6-12(10(3)13)8-7-9(2)11(4)14/h6-8,14H,5H2,1-4H3/b8-7-,11-9+,12-6+. The van der Waals surface area contributed by atoms with Crippen molar-refractivity contribution in [3.05, 3.63) is 34.3 Å². The molecule has 2 heteroatoms. The highest BCUT2D eigenvalue weighted by Gasteiger charge is 1.97. The highest BCUT2D eigenvalue weighted by atomic mass is 32.1. The van der Waals surface area contributed by atoms with Crippen LogP contribution in [0.2, 0.25) is 0 Å². The molecule has 0 aliphatic rings. The van der Waals surface area contributed by atoms with Gasteiger partial charge in [-0.15, -0.1) is 12.6 Å². The summed E-state index contributed by atoms with van der Waals surface area (Å²) in [5, 5.41) is 0. The number of hydrogen-bond acceptors (Lipinski definition) is 2. The summed E-state index contributed by atoms with van der Waals surface area (Å²) in [6.07, 6.45) is 6.58. The zero-order valence-electron chi connectivity index (χ0n) is 9.29. The molecule has 0 aromatic carbocycles. The topological polar surface area (TPSA) is 17.1 Å². The molecule has 0 saturated heterocycles. The van der Waals surface area contributed by atoms with Crippen LogP contribution in [0.15, 0.2) is 34.3 Å². The van der Waals surface area contributed by atoms with Gasteiger partial charge in [0.1, 0.15) is 0 Å². The van der Waals surface area contributed by atoms with E-state index in [9.17, 15) is 4.79 Å². The first kappa shape index (κ1) is 13.2. The SMILES string of the molecule is CC\C=C(/C=C\C(C)=C(/C)S)C(C)=O. The third kappa shape index (κ3) is 5.07. The zero-order valence-corrected chi connectivity index (χ0v) is 10.2. The molecule has 0 aromatic heterocycles. The zero-order chi connectivity index (χ0) is 11.1. The van der Waals surface area contributed by atoms with E-state index in [1.807, 2.05) is 39.0 Å². The second-order valence-corrected chi connectivity index (χ2v) is 3.90. The lowest BCUT2D eigenvalue weighted by molar-refractivity contribution is -0.113. The maximum absolute atomic E-state index is 11.2. The normalized spacial score (nSPS) is 14.5. The molecule has 0 N–H and O–H groups in total. The molecule has 0 aromatic rings. The summed E-state index contributed by atoms with van der Waals surface area (Å²) in [7, 11) is 0. The van der Waals surface area contributed by atoms with Crippen molar-refractivity contribution in [2.45, 2.75) is 34.1 Å². The first-order valence-electron chi connectivity index (χ1n) is 4.74. The van der Waals surface area contributed by atoms with Crippen molar-refractivity contribution in [2.24, 2.45) is 0 Å². The predicted molar refractivity (Wildman–Crippen MR) is 65.6 cm³/mol. The molecule has 14 heavy (non-hydrogen) atoms. The second-order valence-electron chi connectivity index (χ2n) is 3.23. The molecule has 0 unspecified atom stereocenters. The van der Waals surface area contributed by atoms with Gasteiger partial charge in [0.05, 0.1) is 0 Å². The lowest BCUT2D eigenvalue weighted by Gasteiger charge is -1.97. The first-order chi connectivity index (χ1) is 6.49. The number of carbonyl (C=O) groups excluding carboxylic acids is 1. The minimum atomic E-state index is 0.104. The second kappa shape index (κ2) is 6.66. The van der Waals surface area contributed by atoms with Crippen molar-refractivity contribution >= 4 is 18.4 Å². The van der Waals surface area contributed by atoms with Gasteiger partial charge in [-0.2, -0.15) is 0 Å². The smallest absolute Gasteiger partial charge is 0.159 e. The third-order valence-electron chi connectivity index (χ3n) is 1.91. The van der Waals surface area contributed by atoms with Gasteiger partial charge in [-0.3, -0.25) is 4.79 Å². The van der Waals surface area contributed by atoms with E-state index in [0.717, 1.165) is 22.5 Å². The van der Waals surface area contributed by atoms with Crippen LogP contribution in [0.4, 0.5) is 0 Å². The Morgan fingerprint density at radius 2 is 1.79 bits per heavy atom. The Morgan fingerprint density at radius 1 is 1.21 bits per heavy atom. The molecular weight excluding hydrogens is 192 g/mol. The average Bonchev–Trinajstić information content (AvgIpc) is 2.10. The van der Waals surface area contributed by atoms with Crippen LogP contribution in [-0.4, -0.2) is 5.78 Å². The number of hydrogen-bond donors (Lipinski definition) is 1. The van der Waals surface area contributed by atoms with Crippen LogP contribution < -0.4 is 0 Å². The number of allylic oxidation sites excluding steroid dienone is 6. The summed E-state index contributed by atoms with van der Waals surface area (Å²) in [5.41, 5.74) is 1.85. The van der Waals surface area contributed by atoms with Crippen molar-refractivity contribution in [3.63, 3.8) is 0 Å². The first-order valence-corrected chi connectivity index (χ1v) is 5.19. The lowest BCUT2D eigenvalue weighted by Crippen LogP contribution is -1.92. The van der Waals surface area contributed by atoms with Crippen molar-refractivity contribution in [1.29, 1.82) is 0 Å². The molecule has 0 aliphatic heterocycles. The Morgan fingerprint density at radius 3 is 2.14 bits per heavy atom. The molecule has 0 aliphatic carbocycles. The molecule has 78 valence electrons. The van der Waals surface area contributed by atoms with Gasteiger partial charge in [0.2, 0.25) is 0 Å².